The number of carbonyl (C=O) groups excluding carboxylic acids is 1. The fourth-order valence-electron chi connectivity index (χ4n) is 3.22. The molecule has 0 radical (unpaired) electrons. The summed E-state index contributed by atoms with van der Waals surface area (Å²) >= 11 is 1.48. The van der Waals surface area contributed by atoms with Gasteiger partial charge in [-0.05, 0) is 44.2 Å². The van der Waals surface area contributed by atoms with Gasteiger partial charge in [0.15, 0.2) is 11.5 Å². The van der Waals surface area contributed by atoms with E-state index < -0.39 is 0 Å². The fourth-order valence-corrected chi connectivity index (χ4v) is 3.56. The van der Waals surface area contributed by atoms with E-state index in [1.165, 1.54) is 11.8 Å². The molecular formula is C19H21N5O3S. The molecule has 0 spiro atoms. The molecule has 1 N–H and O–H groups in total. The number of hydrogen-bond donors (Lipinski definition) is 1. The maximum Gasteiger partial charge on any atom is 0.253 e. The molecule has 1 aliphatic rings. The molecule has 1 aromatic carbocycles. The number of aromatic nitrogens is 4. The van der Waals surface area contributed by atoms with Crippen molar-refractivity contribution in [1.82, 2.24) is 19.6 Å². The molecule has 0 aliphatic carbocycles. The second-order valence-corrected chi connectivity index (χ2v) is 7.25. The van der Waals surface area contributed by atoms with Crippen LogP contribution in [0.2, 0.25) is 0 Å². The Balaban J connectivity index is 1.46. The monoisotopic (exact) mass is 399 g/mol. The maximum atomic E-state index is 12.4. The normalized spacial score (nSPS) is 13.0. The first-order valence-corrected chi connectivity index (χ1v) is 10.2. The summed E-state index contributed by atoms with van der Waals surface area (Å²) in [5.41, 5.74) is 3.54. The lowest BCUT2D eigenvalue weighted by Gasteiger charge is -2.19. The van der Waals surface area contributed by atoms with Gasteiger partial charge in [0.05, 0.1) is 0 Å². The minimum Gasteiger partial charge on any atom is -0.486 e. The van der Waals surface area contributed by atoms with Crippen molar-refractivity contribution in [3.05, 3.63) is 35.2 Å². The number of nitrogens with zero attached hydrogens (tertiary/aromatic N) is 4. The predicted octanol–water partition coefficient (Wildman–Crippen LogP) is 2.81. The van der Waals surface area contributed by atoms with Crippen molar-refractivity contribution < 1.29 is 14.3 Å². The van der Waals surface area contributed by atoms with Crippen LogP contribution in [-0.4, -0.2) is 45.0 Å². The molecule has 0 atom stereocenters. The van der Waals surface area contributed by atoms with Gasteiger partial charge in [0.1, 0.15) is 13.2 Å². The van der Waals surface area contributed by atoms with Crippen LogP contribution in [0, 0.1) is 13.8 Å². The zero-order chi connectivity index (χ0) is 19.7. The molecule has 3 aromatic rings. The number of nitrogens with one attached hydrogen (secondary N) is 1. The van der Waals surface area contributed by atoms with Gasteiger partial charge in [-0.3, -0.25) is 4.79 Å². The lowest BCUT2D eigenvalue weighted by atomic mass is 10.1. The van der Waals surface area contributed by atoms with E-state index in [-0.39, 0.29) is 5.91 Å². The lowest BCUT2D eigenvalue weighted by Crippen LogP contribution is -2.17. The molecule has 0 saturated heterocycles. The molecule has 4 rings (SSSR count). The third-order valence-corrected chi connectivity index (χ3v) is 5.18. The van der Waals surface area contributed by atoms with Gasteiger partial charge in [-0.1, -0.05) is 11.8 Å². The molecule has 9 heteroatoms. The zero-order valence-corrected chi connectivity index (χ0v) is 16.8. The van der Waals surface area contributed by atoms with Gasteiger partial charge in [-0.2, -0.15) is 4.98 Å². The minimum atomic E-state index is -0.0704. The third kappa shape index (κ3) is 3.62. The molecule has 0 saturated carbocycles. The standard InChI is InChI=1S/C19H21N5O3S/c1-11-14(12(2)24-18(20-11)22-19(23-24)28-3)5-7-17(25)21-13-4-6-15-16(10-13)27-9-8-26-15/h4,6,10H,5,7-9H2,1-3H3,(H,21,25). The summed E-state index contributed by atoms with van der Waals surface area (Å²) in [6, 6.07) is 5.41. The molecule has 1 aliphatic heterocycles. The third-order valence-electron chi connectivity index (χ3n) is 4.64. The average molecular weight is 399 g/mol. The molecule has 0 bridgehead atoms. The Labute approximate surface area is 166 Å². The van der Waals surface area contributed by atoms with Crippen molar-refractivity contribution >= 4 is 29.1 Å². The Hall–Kier alpha value is -2.81. The van der Waals surface area contributed by atoms with Crippen LogP contribution in [0.15, 0.2) is 23.4 Å². The van der Waals surface area contributed by atoms with Crippen molar-refractivity contribution in [3.8, 4) is 11.5 Å². The molecule has 1 amide bonds. The molecule has 28 heavy (non-hydrogen) atoms. The number of benzene rings is 1. The average Bonchev–Trinajstić information content (AvgIpc) is 3.11. The quantitative estimate of drug-likeness (QED) is 0.660. The van der Waals surface area contributed by atoms with E-state index in [1.54, 1.807) is 10.6 Å². The molecule has 2 aromatic heterocycles. The SMILES string of the molecule is CSc1nc2nc(C)c(CCC(=O)Nc3ccc4c(c3)OCCO4)c(C)n2n1. The number of ether oxygens (including phenoxy) is 2. The lowest BCUT2D eigenvalue weighted by molar-refractivity contribution is -0.116. The second-order valence-electron chi connectivity index (χ2n) is 6.48. The number of amides is 1. The first-order chi connectivity index (χ1) is 13.5. The summed E-state index contributed by atoms with van der Waals surface area (Å²) in [6.45, 7) is 4.97. The summed E-state index contributed by atoms with van der Waals surface area (Å²) < 4.78 is 12.8. The van der Waals surface area contributed by atoms with Crippen molar-refractivity contribution in [3.63, 3.8) is 0 Å². The van der Waals surface area contributed by atoms with Crippen LogP contribution >= 0.6 is 11.8 Å². The number of hydrogen-bond acceptors (Lipinski definition) is 7. The zero-order valence-electron chi connectivity index (χ0n) is 16.0. The highest BCUT2D eigenvalue weighted by atomic mass is 32.2. The van der Waals surface area contributed by atoms with Crippen LogP contribution in [-0.2, 0) is 11.2 Å². The molecule has 146 valence electrons. The Morgan fingerprint density at radius 2 is 2.00 bits per heavy atom. The van der Waals surface area contributed by atoms with Crippen LogP contribution in [0.5, 0.6) is 11.5 Å². The van der Waals surface area contributed by atoms with Crippen LogP contribution in [0.3, 0.4) is 0 Å². The molecule has 8 nitrogen and oxygen atoms in total. The van der Waals surface area contributed by atoms with Gasteiger partial charge in [-0.25, -0.2) is 9.50 Å². The summed E-state index contributed by atoms with van der Waals surface area (Å²) in [5.74, 6) is 1.87. The summed E-state index contributed by atoms with van der Waals surface area (Å²) in [7, 11) is 0. The number of carbonyl (C=O) groups is 1. The number of thioether (sulfide) groups is 1. The minimum absolute atomic E-state index is 0.0704. The van der Waals surface area contributed by atoms with Gasteiger partial charge in [0.2, 0.25) is 11.1 Å². The van der Waals surface area contributed by atoms with E-state index in [2.05, 4.69) is 20.4 Å². The van der Waals surface area contributed by atoms with Crippen molar-refractivity contribution in [2.24, 2.45) is 0 Å². The Bertz CT molecular complexity index is 1050. The van der Waals surface area contributed by atoms with Crippen LogP contribution in [0.4, 0.5) is 5.69 Å². The largest absolute Gasteiger partial charge is 0.486 e. The van der Waals surface area contributed by atoms with Gasteiger partial charge >= 0.3 is 0 Å². The van der Waals surface area contributed by atoms with E-state index in [0.29, 0.717) is 54.2 Å². The van der Waals surface area contributed by atoms with Crippen molar-refractivity contribution in [2.45, 2.75) is 31.8 Å². The highest BCUT2D eigenvalue weighted by Gasteiger charge is 2.16. The number of fused-ring (bicyclic) bond motifs is 2. The molecular weight excluding hydrogens is 378 g/mol. The van der Waals surface area contributed by atoms with Crippen LogP contribution < -0.4 is 14.8 Å². The van der Waals surface area contributed by atoms with Crippen LogP contribution in [0.1, 0.15) is 23.4 Å². The smallest absolute Gasteiger partial charge is 0.253 e. The molecule has 0 unspecified atom stereocenters. The Morgan fingerprint density at radius 1 is 1.21 bits per heavy atom. The summed E-state index contributed by atoms with van der Waals surface area (Å²) in [6.07, 6.45) is 2.85. The van der Waals surface area contributed by atoms with Gasteiger partial charge < -0.3 is 14.8 Å². The number of rotatable bonds is 5. The predicted molar refractivity (Wildman–Crippen MR) is 106 cm³/mol. The van der Waals surface area contributed by atoms with E-state index in [4.69, 9.17) is 9.47 Å². The van der Waals surface area contributed by atoms with Crippen LogP contribution in [0.25, 0.3) is 5.78 Å². The van der Waals surface area contributed by atoms with Crippen molar-refractivity contribution in [2.75, 3.05) is 24.8 Å². The Morgan fingerprint density at radius 3 is 2.79 bits per heavy atom. The molecule has 0 fully saturated rings. The highest BCUT2D eigenvalue weighted by Crippen LogP contribution is 2.32. The molecule has 3 heterocycles. The highest BCUT2D eigenvalue weighted by molar-refractivity contribution is 7.98. The van der Waals surface area contributed by atoms with Gasteiger partial charge in [0, 0.05) is 29.6 Å². The fraction of sp³-hybridized carbons (Fsp3) is 0.368. The van der Waals surface area contributed by atoms with E-state index >= 15 is 0 Å². The topological polar surface area (TPSA) is 90.6 Å². The maximum absolute atomic E-state index is 12.4. The van der Waals surface area contributed by atoms with Gasteiger partial charge in [-0.15, -0.1) is 5.10 Å². The van der Waals surface area contributed by atoms with Crippen molar-refractivity contribution in [1.29, 1.82) is 0 Å². The number of aryl methyl sites for hydroxylation is 2. The Kier molecular flexibility index (Phi) is 5.08. The number of anilines is 1. The summed E-state index contributed by atoms with van der Waals surface area (Å²) in [4.78, 5) is 21.4. The first kappa shape index (κ1) is 18.5. The summed E-state index contributed by atoms with van der Waals surface area (Å²) in [5, 5.41) is 8.05. The van der Waals surface area contributed by atoms with Gasteiger partial charge in [0.25, 0.3) is 5.78 Å². The van der Waals surface area contributed by atoms with E-state index in [9.17, 15) is 4.79 Å². The second kappa shape index (κ2) is 7.67. The first-order valence-electron chi connectivity index (χ1n) is 9.01. The van der Waals surface area contributed by atoms with E-state index in [0.717, 1.165) is 17.0 Å². The van der Waals surface area contributed by atoms with E-state index in [1.807, 2.05) is 32.2 Å².